The Morgan fingerprint density at radius 1 is 1.14 bits per heavy atom. The molecule has 0 aliphatic rings. The predicted octanol–water partition coefficient (Wildman–Crippen LogP) is 3.26. The number of benzene rings is 2. The number of nitrogens with zero attached hydrogens (tertiary/aromatic N) is 2. The summed E-state index contributed by atoms with van der Waals surface area (Å²) in [6.07, 6.45) is 2.13. The van der Waals surface area contributed by atoms with Crippen molar-refractivity contribution in [1.29, 1.82) is 5.26 Å². The zero-order chi connectivity index (χ0) is 15.1. The van der Waals surface area contributed by atoms with E-state index < -0.39 is 0 Å². The van der Waals surface area contributed by atoms with E-state index in [-0.39, 0.29) is 0 Å². The fourth-order valence-corrected chi connectivity index (χ4v) is 2.13. The van der Waals surface area contributed by atoms with Gasteiger partial charge in [-0.15, -0.1) is 0 Å². The molecule has 0 spiro atoms. The van der Waals surface area contributed by atoms with E-state index in [1.807, 2.05) is 66.5 Å². The molecule has 0 heterocycles. The molecule has 0 saturated heterocycles. The Morgan fingerprint density at radius 3 is 2.48 bits per heavy atom. The van der Waals surface area contributed by atoms with Crippen LogP contribution in [0.5, 0.6) is 0 Å². The third kappa shape index (κ3) is 3.28. The topological polar surface area (TPSA) is 56.1 Å². The van der Waals surface area contributed by atoms with Crippen LogP contribution in [0.1, 0.15) is 5.56 Å². The summed E-state index contributed by atoms with van der Waals surface area (Å²) >= 11 is 0. The van der Waals surface area contributed by atoms with E-state index in [1.54, 1.807) is 0 Å². The van der Waals surface area contributed by atoms with Crippen LogP contribution >= 0.6 is 0 Å². The number of anilines is 2. The second kappa shape index (κ2) is 6.92. The number of amides is 1. The van der Waals surface area contributed by atoms with Gasteiger partial charge in [0.05, 0.1) is 23.1 Å². The van der Waals surface area contributed by atoms with Gasteiger partial charge in [-0.25, -0.2) is 0 Å². The quantitative estimate of drug-likeness (QED) is 0.674. The van der Waals surface area contributed by atoms with E-state index in [0.29, 0.717) is 12.1 Å². The van der Waals surface area contributed by atoms with Gasteiger partial charge >= 0.3 is 0 Å². The van der Waals surface area contributed by atoms with Crippen molar-refractivity contribution in [2.45, 2.75) is 0 Å². The van der Waals surface area contributed by atoms with Gasteiger partial charge < -0.3 is 10.2 Å². The van der Waals surface area contributed by atoms with Gasteiger partial charge in [-0.1, -0.05) is 42.5 Å². The Kier molecular flexibility index (Phi) is 4.73. The maximum Gasteiger partial charge on any atom is 0.211 e. The highest BCUT2D eigenvalue weighted by atomic mass is 16.1. The van der Waals surface area contributed by atoms with Crippen LogP contribution in [0.2, 0.25) is 0 Å². The van der Waals surface area contributed by atoms with Gasteiger partial charge in [0, 0.05) is 13.1 Å². The molecule has 0 fully saturated rings. The maximum absolute atomic E-state index is 10.7. The highest BCUT2D eigenvalue weighted by Gasteiger charge is 2.12. The lowest BCUT2D eigenvalue weighted by Gasteiger charge is -2.24. The van der Waals surface area contributed by atoms with E-state index in [4.69, 9.17) is 5.26 Å². The number of carbonyl (C=O) groups is 1. The van der Waals surface area contributed by atoms with Crippen molar-refractivity contribution in [3.63, 3.8) is 0 Å². The average Bonchev–Trinajstić information content (AvgIpc) is 2.54. The van der Waals surface area contributed by atoms with E-state index in [9.17, 15) is 4.79 Å². The normalized spacial score (nSPS) is 10.6. The summed E-state index contributed by atoms with van der Waals surface area (Å²) in [7, 11) is 1.86. The van der Waals surface area contributed by atoms with Crippen LogP contribution in [0.4, 0.5) is 11.4 Å². The SMILES string of the molecule is CN(/C(=C/C#N)c1ccccc1)c1ccccc1NC=O. The number of hydrogen-bond acceptors (Lipinski definition) is 3. The predicted molar refractivity (Wildman–Crippen MR) is 84.6 cm³/mol. The maximum atomic E-state index is 10.7. The first-order chi connectivity index (χ1) is 10.3. The average molecular weight is 277 g/mol. The molecule has 4 heteroatoms. The minimum Gasteiger partial charge on any atom is -0.342 e. The zero-order valence-corrected chi connectivity index (χ0v) is 11.7. The van der Waals surface area contributed by atoms with Crippen LogP contribution in [0.3, 0.4) is 0 Å². The fourth-order valence-electron chi connectivity index (χ4n) is 2.13. The van der Waals surface area contributed by atoms with Gasteiger partial charge in [0.2, 0.25) is 6.41 Å². The first-order valence-electron chi connectivity index (χ1n) is 6.46. The summed E-state index contributed by atoms with van der Waals surface area (Å²) in [5.41, 5.74) is 3.20. The van der Waals surface area contributed by atoms with Gasteiger partial charge in [0.1, 0.15) is 0 Å². The molecular weight excluding hydrogens is 262 g/mol. The van der Waals surface area contributed by atoms with Crippen molar-refractivity contribution in [2.24, 2.45) is 0 Å². The number of allylic oxidation sites excluding steroid dienone is 1. The third-order valence-corrected chi connectivity index (χ3v) is 3.11. The first kappa shape index (κ1) is 14.4. The number of nitriles is 1. The van der Waals surface area contributed by atoms with Crippen molar-refractivity contribution in [1.82, 2.24) is 0 Å². The van der Waals surface area contributed by atoms with Crippen LogP contribution in [0.25, 0.3) is 5.70 Å². The zero-order valence-electron chi connectivity index (χ0n) is 11.7. The Morgan fingerprint density at radius 2 is 1.81 bits per heavy atom. The summed E-state index contributed by atoms with van der Waals surface area (Å²) in [6, 6.07) is 19.2. The lowest BCUT2D eigenvalue weighted by molar-refractivity contribution is -0.105. The Labute approximate surface area is 123 Å². The molecule has 104 valence electrons. The number of rotatable bonds is 5. The van der Waals surface area contributed by atoms with Gasteiger partial charge in [0.15, 0.2) is 0 Å². The summed E-state index contributed by atoms with van der Waals surface area (Å²) in [5.74, 6) is 0. The Bertz CT molecular complexity index is 687. The van der Waals surface area contributed by atoms with E-state index in [2.05, 4.69) is 11.4 Å². The van der Waals surface area contributed by atoms with E-state index >= 15 is 0 Å². The molecule has 4 nitrogen and oxygen atoms in total. The molecule has 0 radical (unpaired) electrons. The lowest BCUT2D eigenvalue weighted by atomic mass is 10.1. The molecular formula is C17H15N3O. The van der Waals surface area contributed by atoms with Gasteiger partial charge in [-0.05, 0) is 17.7 Å². The summed E-state index contributed by atoms with van der Waals surface area (Å²) in [5, 5.41) is 11.7. The second-order valence-electron chi connectivity index (χ2n) is 4.36. The minimum absolute atomic E-state index is 0.642. The molecule has 2 aromatic carbocycles. The second-order valence-corrected chi connectivity index (χ2v) is 4.36. The van der Waals surface area contributed by atoms with Crippen LogP contribution in [0.15, 0.2) is 60.7 Å². The van der Waals surface area contributed by atoms with Crippen LogP contribution in [-0.2, 0) is 4.79 Å². The van der Waals surface area contributed by atoms with Crippen molar-refractivity contribution in [3.05, 3.63) is 66.2 Å². The molecule has 2 aromatic rings. The van der Waals surface area contributed by atoms with Crippen molar-refractivity contribution >= 4 is 23.5 Å². The number of para-hydroxylation sites is 2. The molecule has 1 N–H and O–H groups in total. The van der Waals surface area contributed by atoms with E-state index in [0.717, 1.165) is 16.9 Å². The van der Waals surface area contributed by atoms with Crippen molar-refractivity contribution in [3.8, 4) is 6.07 Å². The number of hydrogen-bond donors (Lipinski definition) is 1. The lowest BCUT2D eigenvalue weighted by Crippen LogP contribution is -2.17. The molecule has 1 amide bonds. The highest BCUT2D eigenvalue weighted by molar-refractivity contribution is 5.89. The third-order valence-electron chi connectivity index (χ3n) is 3.11. The molecule has 0 aromatic heterocycles. The fraction of sp³-hybridized carbons (Fsp3) is 0.0588. The summed E-state index contributed by atoms with van der Waals surface area (Å²) in [4.78, 5) is 12.6. The van der Waals surface area contributed by atoms with Crippen LogP contribution < -0.4 is 10.2 Å². The molecule has 0 aliphatic heterocycles. The summed E-state index contributed by atoms with van der Waals surface area (Å²) in [6.45, 7) is 0. The smallest absolute Gasteiger partial charge is 0.211 e. The first-order valence-corrected chi connectivity index (χ1v) is 6.46. The molecule has 0 unspecified atom stereocenters. The van der Waals surface area contributed by atoms with Crippen molar-refractivity contribution in [2.75, 3.05) is 17.3 Å². The summed E-state index contributed by atoms with van der Waals surface area (Å²) < 4.78 is 0. The minimum atomic E-state index is 0.642. The monoisotopic (exact) mass is 277 g/mol. The number of carbonyl (C=O) groups excluding carboxylic acids is 1. The standard InChI is InChI=1S/C17H15N3O/c1-20(17-10-6-5-9-15(17)19-13-21)16(11-12-18)14-7-3-2-4-8-14/h2-11,13H,1H3,(H,19,21)/b16-11+. The molecule has 0 saturated carbocycles. The highest BCUT2D eigenvalue weighted by Crippen LogP contribution is 2.30. The van der Waals surface area contributed by atoms with Crippen molar-refractivity contribution < 1.29 is 4.79 Å². The number of nitrogens with one attached hydrogen (secondary N) is 1. The van der Waals surface area contributed by atoms with Crippen LogP contribution in [0, 0.1) is 11.3 Å². The molecule has 21 heavy (non-hydrogen) atoms. The van der Waals surface area contributed by atoms with Gasteiger partial charge in [0.25, 0.3) is 0 Å². The Hall–Kier alpha value is -3.06. The molecule has 0 bridgehead atoms. The molecule has 0 atom stereocenters. The van der Waals surface area contributed by atoms with Crippen LogP contribution in [-0.4, -0.2) is 13.5 Å². The molecule has 0 aliphatic carbocycles. The van der Waals surface area contributed by atoms with Gasteiger partial charge in [-0.3, -0.25) is 4.79 Å². The van der Waals surface area contributed by atoms with E-state index in [1.165, 1.54) is 6.08 Å². The largest absolute Gasteiger partial charge is 0.342 e. The van der Waals surface area contributed by atoms with Gasteiger partial charge in [-0.2, -0.15) is 5.26 Å². The Balaban J connectivity index is 2.46. The molecule has 2 rings (SSSR count).